The Bertz CT molecular complexity index is 1860. The van der Waals surface area contributed by atoms with Gasteiger partial charge in [-0.3, -0.25) is 0 Å². The Morgan fingerprint density at radius 2 is 0.981 bits per heavy atom. The van der Waals surface area contributed by atoms with Crippen LogP contribution in [0.4, 0.5) is 0 Å². The minimum absolute atomic E-state index is 0. The number of methoxy groups -OCH3 is 1. The molecule has 7 aromatic rings. The molecule has 0 saturated heterocycles. The quantitative estimate of drug-likeness (QED) is 0.140. The minimum Gasteiger partial charge on any atom is -0.497 e. The highest BCUT2D eigenvalue weighted by Crippen LogP contribution is 2.26. The molecule has 264 valence electrons. The van der Waals surface area contributed by atoms with Crippen LogP contribution in [0.15, 0.2) is 174 Å². The molecular formula is C42H39ClN4O5. The molecular weight excluding hydrogens is 676 g/mol. The van der Waals surface area contributed by atoms with Crippen LogP contribution < -0.4 is 20.1 Å². The fraction of sp³-hybridized carbons (Fsp3) is 0.0714. The molecule has 0 aliphatic rings. The zero-order valence-electron chi connectivity index (χ0n) is 28.5. The minimum atomic E-state index is 0. The number of ether oxygens (including phenoxy) is 3. The second-order valence-electron chi connectivity index (χ2n) is 10.5. The molecule has 0 aliphatic heterocycles. The molecule has 3 N–H and O–H groups in total. The summed E-state index contributed by atoms with van der Waals surface area (Å²) in [4.78, 5) is 4.54. The number of hydrogen-bond donors (Lipinski definition) is 2. The summed E-state index contributed by atoms with van der Waals surface area (Å²) in [7, 11) is 1.60. The number of halogens is 1. The van der Waals surface area contributed by atoms with E-state index in [0.717, 1.165) is 39.5 Å². The SMILES string of the molecule is COc1ccc(C#N)cc1.Cl.NO.c1ccc(COc2ccc(-c3noc(-c4ccc(OCc5ccccc5)cc4)n3)cc2)cc1.c1ccccc1. The van der Waals surface area contributed by atoms with E-state index in [1.807, 2.05) is 152 Å². The predicted molar refractivity (Wildman–Crippen MR) is 204 cm³/mol. The average Bonchev–Trinajstić information content (AvgIpc) is 3.73. The maximum atomic E-state index is 8.41. The lowest BCUT2D eigenvalue weighted by atomic mass is 10.2. The molecule has 0 radical (unpaired) electrons. The Hall–Kier alpha value is -6.44. The van der Waals surface area contributed by atoms with Gasteiger partial charge in [-0.05, 0) is 83.9 Å². The maximum absolute atomic E-state index is 8.41. The number of nitrogens with zero attached hydrogens (tertiary/aromatic N) is 3. The van der Waals surface area contributed by atoms with Crippen LogP contribution in [0.5, 0.6) is 17.2 Å². The van der Waals surface area contributed by atoms with Crippen molar-refractivity contribution in [2.45, 2.75) is 13.2 Å². The summed E-state index contributed by atoms with van der Waals surface area (Å²) in [6.45, 7) is 1.05. The molecule has 1 aromatic heterocycles. The molecule has 10 heteroatoms. The lowest BCUT2D eigenvalue weighted by molar-refractivity contribution is 0.306. The second kappa shape index (κ2) is 23.1. The van der Waals surface area contributed by atoms with Crippen molar-refractivity contribution in [1.82, 2.24) is 10.1 Å². The summed E-state index contributed by atoms with van der Waals surface area (Å²) in [5.74, 6) is 6.85. The summed E-state index contributed by atoms with van der Waals surface area (Å²) in [6, 6.07) is 56.4. The molecule has 0 saturated carbocycles. The third-order valence-corrected chi connectivity index (χ3v) is 7.02. The van der Waals surface area contributed by atoms with E-state index < -0.39 is 0 Å². The number of nitrogens with two attached hydrogens (primary N) is 1. The van der Waals surface area contributed by atoms with Gasteiger partial charge in [-0.25, -0.2) is 5.90 Å². The number of benzene rings is 6. The van der Waals surface area contributed by atoms with E-state index in [-0.39, 0.29) is 12.4 Å². The Balaban J connectivity index is 0.000000315. The van der Waals surface area contributed by atoms with Crippen molar-refractivity contribution < 1.29 is 23.9 Å². The molecule has 0 amide bonds. The first-order chi connectivity index (χ1) is 25.2. The normalized spacial score (nSPS) is 9.42. The molecule has 1 heterocycles. The van der Waals surface area contributed by atoms with Gasteiger partial charge in [-0.1, -0.05) is 102 Å². The maximum Gasteiger partial charge on any atom is 0.258 e. The zero-order chi connectivity index (χ0) is 35.9. The highest BCUT2D eigenvalue weighted by molar-refractivity contribution is 5.85. The van der Waals surface area contributed by atoms with Crippen molar-refractivity contribution in [3.05, 3.63) is 187 Å². The standard InChI is InChI=1S/C28H22N2O3.C8H7NO.C6H6.ClH.H3NO/c1-3-7-21(8-4-1)19-31-25-15-11-23(12-16-25)27-29-28(33-30-27)24-13-17-26(18-14-24)32-20-22-9-5-2-6-10-22;1-10-8-4-2-7(6-9)3-5-8;1-2-4-6-5-3-1;;1-2/h1-18H,19-20H2;2-5H,1H3;1-6H;1H;2H,1H2. The van der Waals surface area contributed by atoms with Crippen molar-refractivity contribution in [3.8, 4) is 46.2 Å². The van der Waals surface area contributed by atoms with Gasteiger partial charge in [0.2, 0.25) is 5.82 Å². The molecule has 9 nitrogen and oxygen atoms in total. The fourth-order valence-electron chi connectivity index (χ4n) is 4.38. The number of rotatable bonds is 9. The van der Waals surface area contributed by atoms with Gasteiger partial charge < -0.3 is 23.9 Å². The van der Waals surface area contributed by atoms with E-state index in [0.29, 0.717) is 30.5 Å². The monoisotopic (exact) mass is 714 g/mol. The van der Waals surface area contributed by atoms with Crippen LogP contribution in [0.25, 0.3) is 22.8 Å². The van der Waals surface area contributed by atoms with E-state index >= 15 is 0 Å². The summed E-state index contributed by atoms with van der Waals surface area (Å²) in [5.41, 5.74) is 4.60. The summed E-state index contributed by atoms with van der Waals surface area (Å²) in [6.07, 6.45) is 0. The largest absolute Gasteiger partial charge is 0.497 e. The molecule has 52 heavy (non-hydrogen) atoms. The fourth-order valence-corrected chi connectivity index (χ4v) is 4.38. The molecule has 0 spiro atoms. The smallest absolute Gasteiger partial charge is 0.258 e. The van der Waals surface area contributed by atoms with Gasteiger partial charge in [0.15, 0.2) is 0 Å². The van der Waals surface area contributed by atoms with Gasteiger partial charge in [0.1, 0.15) is 30.5 Å². The highest BCUT2D eigenvalue weighted by Gasteiger charge is 2.11. The molecule has 6 aromatic carbocycles. The summed E-state index contributed by atoms with van der Waals surface area (Å²) in [5, 5.41) is 19.0. The second-order valence-corrected chi connectivity index (χ2v) is 10.5. The van der Waals surface area contributed by atoms with Crippen LogP contribution >= 0.6 is 12.4 Å². The lowest BCUT2D eigenvalue weighted by Crippen LogP contribution is -1.94. The van der Waals surface area contributed by atoms with Gasteiger partial charge in [0.25, 0.3) is 5.89 Å². The van der Waals surface area contributed by atoms with Gasteiger partial charge in [0.05, 0.1) is 18.7 Å². The molecule has 0 atom stereocenters. The van der Waals surface area contributed by atoms with Gasteiger partial charge >= 0.3 is 0 Å². The van der Waals surface area contributed by atoms with Crippen molar-refractivity contribution in [2.24, 2.45) is 5.90 Å². The molecule has 0 bridgehead atoms. The predicted octanol–water partition coefficient (Wildman–Crippen LogP) is 9.57. The van der Waals surface area contributed by atoms with E-state index in [1.54, 1.807) is 31.4 Å². The average molecular weight is 715 g/mol. The first kappa shape index (κ1) is 40.0. The van der Waals surface area contributed by atoms with E-state index in [4.69, 9.17) is 29.2 Å². The van der Waals surface area contributed by atoms with Crippen LogP contribution in [0.2, 0.25) is 0 Å². The highest BCUT2D eigenvalue weighted by atomic mass is 35.5. The van der Waals surface area contributed by atoms with Crippen molar-refractivity contribution >= 4 is 12.4 Å². The lowest BCUT2D eigenvalue weighted by Gasteiger charge is -2.06. The third-order valence-electron chi connectivity index (χ3n) is 7.02. The summed E-state index contributed by atoms with van der Waals surface area (Å²) >= 11 is 0. The van der Waals surface area contributed by atoms with E-state index in [9.17, 15) is 0 Å². The third kappa shape index (κ3) is 13.5. The van der Waals surface area contributed by atoms with Gasteiger partial charge in [-0.2, -0.15) is 10.2 Å². The molecule has 0 unspecified atom stereocenters. The first-order valence-corrected chi connectivity index (χ1v) is 15.9. The number of aromatic nitrogens is 2. The van der Waals surface area contributed by atoms with Crippen molar-refractivity contribution in [2.75, 3.05) is 7.11 Å². The Morgan fingerprint density at radius 3 is 1.40 bits per heavy atom. The van der Waals surface area contributed by atoms with Crippen LogP contribution in [0.3, 0.4) is 0 Å². The van der Waals surface area contributed by atoms with Crippen LogP contribution in [0, 0.1) is 11.3 Å². The van der Waals surface area contributed by atoms with Crippen molar-refractivity contribution in [1.29, 1.82) is 5.26 Å². The Morgan fingerprint density at radius 1 is 0.577 bits per heavy atom. The zero-order valence-corrected chi connectivity index (χ0v) is 29.3. The Labute approximate surface area is 309 Å². The number of nitriles is 1. The van der Waals surface area contributed by atoms with Gasteiger partial charge in [0, 0.05) is 11.1 Å². The molecule has 0 fully saturated rings. The van der Waals surface area contributed by atoms with Crippen molar-refractivity contribution in [3.63, 3.8) is 0 Å². The molecule has 7 rings (SSSR count). The van der Waals surface area contributed by atoms with Crippen LogP contribution in [-0.4, -0.2) is 22.5 Å². The van der Waals surface area contributed by atoms with Gasteiger partial charge in [-0.15, -0.1) is 12.4 Å². The Kier molecular flexibility index (Phi) is 17.7. The van der Waals surface area contributed by atoms with E-state index in [2.05, 4.69) is 16.0 Å². The number of hydrogen-bond acceptors (Lipinski definition) is 9. The molecule has 0 aliphatic carbocycles. The summed E-state index contributed by atoms with van der Waals surface area (Å²) < 4.78 is 22.1. The first-order valence-electron chi connectivity index (χ1n) is 15.9. The van der Waals surface area contributed by atoms with E-state index in [1.165, 1.54) is 0 Å². The van der Waals surface area contributed by atoms with Crippen LogP contribution in [0.1, 0.15) is 16.7 Å². The van der Waals surface area contributed by atoms with Crippen LogP contribution in [-0.2, 0) is 13.2 Å². The topological polar surface area (TPSA) is 137 Å².